The summed E-state index contributed by atoms with van der Waals surface area (Å²) in [4.78, 5) is 16.9. The number of aryl methyl sites for hydroxylation is 2. The highest BCUT2D eigenvalue weighted by Gasteiger charge is 2.48. The van der Waals surface area contributed by atoms with E-state index in [9.17, 15) is 4.79 Å². The maximum Gasteiger partial charge on any atom is 0.257 e. The monoisotopic (exact) mass is 334 g/mol. The Bertz CT molecular complexity index is 575. The summed E-state index contributed by atoms with van der Waals surface area (Å²) in [6.45, 7) is 13.7. The van der Waals surface area contributed by atoms with Gasteiger partial charge in [0.25, 0.3) is 5.91 Å². The van der Waals surface area contributed by atoms with Gasteiger partial charge in [0.1, 0.15) is 17.1 Å². The molecule has 5 nitrogen and oxygen atoms in total. The molecule has 1 spiro atoms. The highest BCUT2D eigenvalue weighted by atomic mass is 16.5. The molecule has 3 rings (SSSR count). The fraction of sp³-hybridized carbons (Fsp3) is 0.737. The van der Waals surface area contributed by atoms with E-state index in [0.717, 1.165) is 38.4 Å². The summed E-state index contributed by atoms with van der Waals surface area (Å²) in [7, 11) is 0. The van der Waals surface area contributed by atoms with Crippen molar-refractivity contribution in [2.24, 2.45) is 5.92 Å². The van der Waals surface area contributed by atoms with E-state index in [4.69, 9.17) is 9.15 Å². The number of amides is 1. The van der Waals surface area contributed by atoms with Crippen LogP contribution in [0.4, 0.5) is 0 Å². The van der Waals surface area contributed by atoms with E-state index in [1.54, 1.807) is 0 Å². The number of nitrogens with zero attached hydrogens (tertiary/aromatic N) is 2. The van der Waals surface area contributed by atoms with Crippen molar-refractivity contribution >= 4 is 5.91 Å². The zero-order valence-electron chi connectivity index (χ0n) is 15.4. The third-order valence-corrected chi connectivity index (χ3v) is 5.56. The van der Waals surface area contributed by atoms with Gasteiger partial charge in [0.2, 0.25) is 0 Å². The van der Waals surface area contributed by atoms with E-state index < -0.39 is 0 Å². The molecule has 2 saturated heterocycles. The molecule has 0 N–H and O–H groups in total. The molecule has 1 aromatic heterocycles. The molecule has 3 heterocycles. The molecule has 1 amide bonds. The number of carbonyl (C=O) groups excluding carboxylic acids is 1. The van der Waals surface area contributed by atoms with Crippen LogP contribution >= 0.6 is 0 Å². The van der Waals surface area contributed by atoms with Gasteiger partial charge in [-0.1, -0.05) is 13.8 Å². The van der Waals surface area contributed by atoms with Gasteiger partial charge in [-0.3, -0.25) is 4.79 Å². The third-order valence-electron chi connectivity index (χ3n) is 5.56. The molecule has 0 radical (unpaired) electrons. The lowest BCUT2D eigenvalue weighted by atomic mass is 9.82. The number of carbonyl (C=O) groups is 1. The summed E-state index contributed by atoms with van der Waals surface area (Å²) in [5.74, 6) is 2.20. The minimum Gasteiger partial charge on any atom is -0.466 e. The van der Waals surface area contributed by atoms with Gasteiger partial charge >= 0.3 is 0 Å². The van der Waals surface area contributed by atoms with Crippen LogP contribution in [0.25, 0.3) is 0 Å². The van der Waals surface area contributed by atoms with Crippen molar-refractivity contribution in [3.8, 4) is 0 Å². The summed E-state index contributed by atoms with van der Waals surface area (Å²) in [5, 5.41) is 0. The molecule has 134 valence electrons. The van der Waals surface area contributed by atoms with Gasteiger partial charge < -0.3 is 19.0 Å². The highest BCUT2D eigenvalue weighted by molar-refractivity contribution is 5.96. The first-order valence-corrected chi connectivity index (χ1v) is 9.19. The Labute approximate surface area is 144 Å². The average molecular weight is 334 g/mol. The number of hydrogen-bond acceptors (Lipinski definition) is 4. The predicted molar refractivity (Wildman–Crippen MR) is 93.3 cm³/mol. The standard InChI is InChI=1S/C19H30N2O3/c1-5-20(6-2)10-16-7-8-19(23-11-16)12-21(13-19)18(22)17-9-14(3)24-15(17)4/h9,16H,5-8,10-13H2,1-4H3/t16-/m0/s1. The van der Waals surface area contributed by atoms with Crippen LogP contribution < -0.4 is 0 Å². The number of hydrogen-bond donors (Lipinski definition) is 0. The van der Waals surface area contributed by atoms with E-state index in [0.29, 0.717) is 30.3 Å². The van der Waals surface area contributed by atoms with Crippen molar-refractivity contribution in [2.75, 3.05) is 39.3 Å². The largest absolute Gasteiger partial charge is 0.466 e. The van der Waals surface area contributed by atoms with Gasteiger partial charge in [-0.25, -0.2) is 0 Å². The molecule has 2 aliphatic heterocycles. The SMILES string of the molecule is CCN(CC)C[C@@H]1CCC2(CN(C(=O)c3cc(C)oc3C)C2)OC1. The van der Waals surface area contributed by atoms with Crippen LogP contribution in [0.3, 0.4) is 0 Å². The van der Waals surface area contributed by atoms with Gasteiger partial charge in [-0.2, -0.15) is 0 Å². The molecule has 0 unspecified atom stereocenters. The topological polar surface area (TPSA) is 45.9 Å². The Morgan fingerprint density at radius 3 is 2.54 bits per heavy atom. The second-order valence-corrected chi connectivity index (χ2v) is 7.37. The Balaban J connectivity index is 1.50. The minimum absolute atomic E-state index is 0.0730. The van der Waals surface area contributed by atoms with Crippen molar-refractivity contribution in [3.05, 3.63) is 23.2 Å². The zero-order chi connectivity index (χ0) is 17.3. The lowest BCUT2D eigenvalue weighted by molar-refractivity contribution is -0.168. The van der Waals surface area contributed by atoms with Crippen molar-refractivity contribution in [1.82, 2.24) is 9.80 Å². The van der Waals surface area contributed by atoms with Crippen LogP contribution in [0.15, 0.2) is 10.5 Å². The van der Waals surface area contributed by atoms with E-state index in [-0.39, 0.29) is 11.5 Å². The lowest BCUT2D eigenvalue weighted by Gasteiger charge is -2.53. The first-order chi connectivity index (χ1) is 11.5. The fourth-order valence-electron chi connectivity index (χ4n) is 3.96. The van der Waals surface area contributed by atoms with E-state index in [2.05, 4.69) is 18.7 Å². The van der Waals surface area contributed by atoms with E-state index in [1.165, 1.54) is 6.42 Å². The number of likely N-dealkylation sites (tertiary alicyclic amines) is 1. The molecule has 1 aromatic rings. The van der Waals surface area contributed by atoms with E-state index in [1.807, 2.05) is 24.8 Å². The summed E-state index contributed by atoms with van der Waals surface area (Å²) in [6.07, 6.45) is 2.26. The molecular weight excluding hydrogens is 304 g/mol. The van der Waals surface area contributed by atoms with E-state index >= 15 is 0 Å². The van der Waals surface area contributed by atoms with Crippen molar-refractivity contribution < 1.29 is 13.9 Å². The van der Waals surface area contributed by atoms with Gasteiger partial charge in [-0.05, 0) is 51.8 Å². The minimum atomic E-state index is -0.0951. The maximum absolute atomic E-state index is 12.6. The number of furan rings is 1. The van der Waals surface area contributed by atoms with Crippen LogP contribution in [0.2, 0.25) is 0 Å². The highest BCUT2D eigenvalue weighted by Crippen LogP contribution is 2.37. The molecule has 0 aliphatic carbocycles. The third kappa shape index (κ3) is 3.38. The first kappa shape index (κ1) is 17.5. The van der Waals surface area contributed by atoms with Crippen molar-refractivity contribution in [3.63, 3.8) is 0 Å². The lowest BCUT2D eigenvalue weighted by Crippen LogP contribution is -2.66. The Morgan fingerprint density at radius 1 is 1.33 bits per heavy atom. The molecule has 2 aliphatic rings. The second-order valence-electron chi connectivity index (χ2n) is 7.37. The van der Waals surface area contributed by atoms with Gasteiger partial charge in [0.05, 0.1) is 25.3 Å². The average Bonchev–Trinajstić information content (AvgIpc) is 2.89. The van der Waals surface area contributed by atoms with Gasteiger partial charge in [0.15, 0.2) is 0 Å². The van der Waals surface area contributed by atoms with Crippen molar-refractivity contribution in [1.29, 1.82) is 0 Å². The summed E-state index contributed by atoms with van der Waals surface area (Å²) in [5.41, 5.74) is 0.597. The van der Waals surface area contributed by atoms with Crippen molar-refractivity contribution in [2.45, 2.75) is 46.1 Å². The normalized spacial score (nSPS) is 22.9. The molecule has 0 aromatic carbocycles. The molecule has 0 saturated carbocycles. The van der Waals surface area contributed by atoms with Gasteiger partial charge in [-0.15, -0.1) is 0 Å². The van der Waals surface area contributed by atoms with Crippen LogP contribution in [0, 0.1) is 19.8 Å². The molecular formula is C19H30N2O3. The Morgan fingerprint density at radius 2 is 2.04 bits per heavy atom. The van der Waals surface area contributed by atoms with Crippen LogP contribution in [-0.4, -0.2) is 60.6 Å². The summed E-state index contributed by atoms with van der Waals surface area (Å²) in [6, 6.07) is 1.84. The molecule has 1 atom stereocenters. The van der Waals surface area contributed by atoms with Crippen LogP contribution in [-0.2, 0) is 4.74 Å². The number of rotatable bonds is 5. The van der Waals surface area contributed by atoms with Crippen LogP contribution in [0.1, 0.15) is 48.6 Å². The first-order valence-electron chi connectivity index (χ1n) is 9.19. The predicted octanol–water partition coefficient (Wildman–Crippen LogP) is 2.86. The zero-order valence-corrected chi connectivity index (χ0v) is 15.4. The molecule has 5 heteroatoms. The molecule has 2 fully saturated rings. The number of ether oxygens (including phenoxy) is 1. The quantitative estimate of drug-likeness (QED) is 0.831. The summed E-state index contributed by atoms with van der Waals surface area (Å²) >= 11 is 0. The molecule has 0 bridgehead atoms. The van der Waals surface area contributed by atoms with Crippen LogP contribution in [0.5, 0.6) is 0 Å². The Kier molecular flexibility index (Phi) is 5.02. The summed E-state index contributed by atoms with van der Waals surface area (Å²) < 4.78 is 11.7. The Hall–Kier alpha value is -1.33. The smallest absolute Gasteiger partial charge is 0.257 e. The van der Waals surface area contributed by atoms with Gasteiger partial charge in [0, 0.05) is 6.54 Å². The maximum atomic E-state index is 12.6. The second kappa shape index (κ2) is 6.89. The molecule has 24 heavy (non-hydrogen) atoms. The fourth-order valence-corrected chi connectivity index (χ4v) is 3.96.